The third-order valence-electron chi connectivity index (χ3n) is 3.04. The van der Waals surface area contributed by atoms with Gasteiger partial charge in [0.05, 0.1) is 24.9 Å². The number of nitrogens with zero attached hydrogens (tertiary/aromatic N) is 1. The molecule has 2 heterocycles. The topological polar surface area (TPSA) is 58.6 Å². The molecule has 1 aromatic rings. The second-order valence-electron chi connectivity index (χ2n) is 3.89. The lowest BCUT2D eigenvalue weighted by Gasteiger charge is -2.09. The number of hydroxylamine groups is 2. The van der Waals surface area contributed by atoms with Gasteiger partial charge in [-0.1, -0.05) is 6.07 Å². The molecule has 3 rings (SSSR count). The van der Waals surface area contributed by atoms with E-state index in [0.29, 0.717) is 24.3 Å². The number of anilines is 1. The summed E-state index contributed by atoms with van der Waals surface area (Å²) >= 11 is 0. The first-order chi connectivity index (χ1) is 7.70. The smallest absolute Gasteiger partial charge is 0.296 e. The summed E-state index contributed by atoms with van der Waals surface area (Å²) in [5.41, 5.74) is 3.21. The van der Waals surface area contributed by atoms with Gasteiger partial charge in [0.15, 0.2) is 0 Å². The van der Waals surface area contributed by atoms with E-state index >= 15 is 0 Å². The minimum absolute atomic E-state index is 0.450. The third kappa shape index (κ3) is 1.12. The first-order valence-corrected chi connectivity index (χ1v) is 5.00. The Kier molecular flexibility index (Phi) is 1.86. The zero-order valence-electron chi connectivity index (χ0n) is 8.74. The molecule has 0 fully saturated rings. The molecule has 1 N–H and O–H groups in total. The molecule has 1 amide bonds. The van der Waals surface area contributed by atoms with Crippen molar-refractivity contribution in [2.24, 2.45) is 0 Å². The average Bonchev–Trinajstić information content (AvgIpc) is 2.82. The number of amides is 1. The number of hydrogen-bond acceptors (Lipinski definition) is 4. The van der Waals surface area contributed by atoms with E-state index in [-0.39, 0.29) is 0 Å². The van der Waals surface area contributed by atoms with Crippen LogP contribution in [0, 0.1) is 0 Å². The summed E-state index contributed by atoms with van der Waals surface area (Å²) in [4.78, 5) is 27.9. The zero-order chi connectivity index (χ0) is 11.3. The SMILES string of the molecule is CON1Cc2ccc3c(c2C1)NC(=O)C3=O. The van der Waals surface area contributed by atoms with Gasteiger partial charge in [0.2, 0.25) is 0 Å². The molecular formula is C11H10N2O3. The van der Waals surface area contributed by atoms with Gasteiger partial charge >= 0.3 is 0 Å². The van der Waals surface area contributed by atoms with Gasteiger partial charge in [-0.25, -0.2) is 0 Å². The van der Waals surface area contributed by atoms with Crippen molar-refractivity contribution >= 4 is 17.4 Å². The van der Waals surface area contributed by atoms with Crippen LogP contribution in [0.15, 0.2) is 12.1 Å². The first kappa shape index (κ1) is 9.50. The van der Waals surface area contributed by atoms with E-state index < -0.39 is 11.7 Å². The van der Waals surface area contributed by atoms with Crippen molar-refractivity contribution < 1.29 is 14.4 Å². The minimum atomic E-state index is -0.542. The van der Waals surface area contributed by atoms with Crippen molar-refractivity contribution in [3.63, 3.8) is 0 Å². The van der Waals surface area contributed by atoms with Crippen LogP contribution in [-0.2, 0) is 22.7 Å². The van der Waals surface area contributed by atoms with Crippen molar-refractivity contribution in [2.75, 3.05) is 12.4 Å². The highest BCUT2D eigenvalue weighted by atomic mass is 16.7. The highest BCUT2D eigenvalue weighted by molar-refractivity contribution is 6.51. The summed E-state index contributed by atoms with van der Waals surface area (Å²) < 4.78 is 0. The van der Waals surface area contributed by atoms with E-state index in [9.17, 15) is 9.59 Å². The van der Waals surface area contributed by atoms with E-state index in [0.717, 1.165) is 11.1 Å². The summed E-state index contributed by atoms with van der Waals surface area (Å²) in [6.45, 7) is 1.28. The Hall–Kier alpha value is -1.72. The molecule has 0 aromatic heterocycles. The predicted molar refractivity (Wildman–Crippen MR) is 55.7 cm³/mol. The molecule has 0 saturated carbocycles. The van der Waals surface area contributed by atoms with E-state index in [2.05, 4.69) is 5.32 Å². The maximum Gasteiger partial charge on any atom is 0.296 e. The molecule has 0 radical (unpaired) electrons. The van der Waals surface area contributed by atoms with E-state index in [4.69, 9.17) is 4.84 Å². The van der Waals surface area contributed by atoms with Gasteiger partial charge in [0.25, 0.3) is 11.7 Å². The fourth-order valence-electron chi connectivity index (χ4n) is 2.20. The molecular weight excluding hydrogens is 208 g/mol. The fourth-order valence-corrected chi connectivity index (χ4v) is 2.20. The Morgan fingerprint density at radius 2 is 2.12 bits per heavy atom. The monoisotopic (exact) mass is 218 g/mol. The highest BCUT2D eigenvalue weighted by Gasteiger charge is 2.33. The largest absolute Gasteiger partial charge is 0.318 e. The summed E-state index contributed by atoms with van der Waals surface area (Å²) in [6, 6.07) is 3.58. The van der Waals surface area contributed by atoms with Crippen molar-refractivity contribution in [3.05, 3.63) is 28.8 Å². The van der Waals surface area contributed by atoms with E-state index in [1.807, 2.05) is 6.07 Å². The Labute approximate surface area is 91.9 Å². The standard InChI is InChI=1S/C11H10N2O3/c1-16-13-4-6-2-3-7-9(8(6)5-13)12-11(15)10(7)14/h2-3H,4-5H2,1H3,(H,12,14,15). The van der Waals surface area contributed by atoms with Gasteiger partial charge in [-0.05, 0) is 17.2 Å². The number of rotatable bonds is 1. The summed E-state index contributed by atoms with van der Waals surface area (Å²) in [7, 11) is 1.61. The molecule has 0 spiro atoms. The Balaban J connectivity index is 2.11. The van der Waals surface area contributed by atoms with Gasteiger partial charge in [0.1, 0.15) is 0 Å². The van der Waals surface area contributed by atoms with Crippen LogP contribution >= 0.6 is 0 Å². The number of Topliss-reactive ketones (excluding diaryl/α,β-unsaturated/α-hetero) is 1. The summed E-state index contributed by atoms with van der Waals surface area (Å²) in [6.07, 6.45) is 0. The van der Waals surface area contributed by atoms with Crippen LogP contribution < -0.4 is 5.32 Å². The molecule has 16 heavy (non-hydrogen) atoms. The van der Waals surface area contributed by atoms with Crippen LogP contribution in [0.3, 0.4) is 0 Å². The lowest BCUT2D eigenvalue weighted by Crippen LogP contribution is -2.14. The van der Waals surface area contributed by atoms with Gasteiger partial charge in [-0.15, -0.1) is 0 Å². The van der Waals surface area contributed by atoms with E-state index in [1.54, 1.807) is 18.2 Å². The number of hydrogen-bond donors (Lipinski definition) is 1. The molecule has 0 aliphatic carbocycles. The lowest BCUT2D eigenvalue weighted by atomic mass is 10.0. The second kappa shape index (κ2) is 3.13. The minimum Gasteiger partial charge on any atom is -0.318 e. The van der Waals surface area contributed by atoms with Gasteiger partial charge in [-0.2, -0.15) is 5.06 Å². The number of fused-ring (bicyclic) bond motifs is 3. The number of carbonyl (C=O) groups excluding carboxylic acids is 2. The number of nitrogens with one attached hydrogen (secondary N) is 1. The predicted octanol–water partition coefficient (Wildman–Crippen LogP) is 0.698. The molecule has 5 heteroatoms. The Bertz CT molecular complexity index is 510. The molecule has 0 unspecified atom stereocenters. The van der Waals surface area contributed by atoms with E-state index in [1.165, 1.54) is 0 Å². The molecule has 0 bridgehead atoms. The lowest BCUT2D eigenvalue weighted by molar-refractivity contribution is -0.137. The fraction of sp³-hybridized carbons (Fsp3) is 0.273. The van der Waals surface area contributed by atoms with Gasteiger partial charge in [0, 0.05) is 6.54 Å². The molecule has 82 valence electrons. The van der Waals surface area contributed by atoms with Crippen LogP contribution in [0.5, 0.6) is 0 Å². The van der Waals surface area contributed by atoms with Crippen LogP contribution in [-0.4, -0.2) is 23.9 Å². The molecule has 0 saturated heterocycles. The Morgan fingerprint density at radius 1 is 1.31 bits per heavy atom. The third-order valence-corrected chi connectivity index (χ3v) is 3.04. The highest BCUT2D eigenvalue weighted by Crippen LogP contribution is 2.35. The maximum absolute atomic E-state index is 11.5. The normalized spacial score (nSPS) is 18.6. The number of benzene rings is 1. The summed E-state index contributed by atoms with van der Waals surface area (Å²) in [5.74, 6) is -0.993. The zero-order valence-corrected chi connectivity index (χ0v) is 8.74. The second-order valence-corrected chi connectivity index (χ2v) is 3.89. The molecule has 5 nitrogen and oxygen atoms in total. The summed E-state index contributed by atoms with van der Waals surface area (Å²) in [5, 5.41) is 4.40. The maximum atomic E-state index is 11.5. The van der Waals surface area contributed by atoms with Gasteiger partial charge < -0.3 is 10.2 Å². The van der Waals surface area contributed by atoms with Gasteiger partial charge in [-0.3, -0.25) is 9.59 Å². The van der Waals surface area contributed by atoms with Crippen LogP contribution in [0.2, 0.25) is 0 Å². The molecule has 2 aliphatic rings. The Morgan fingerprint density at radius 3 is 2.88 bits per heavy atom. The molecule has 2 aliphatic heterocycles. The van der Waals surface area contributed by atoms with Crippen LogP contribution in [0.25, 0.3) is 0 Å². The average molecular weight is 218 g/mol. The quantitative estimate of drug-likeness (QED) is 0.705. The van der Waals surface area contributed by atoms with Crippen molar-refractivity contribution in [1.29, 1.82) is 0 Å². The van der Waals surface area contributed by atoms with Crippen molar-refractivity contribution in [1.82, 2.24) is 5.06 Å². The number of carbonyl (C=O) groups is 2. The van der Waals surface area contributed by atoms with Crippen LogP contribution in [0.4, 0.5) is 5.69 Å². The van der Waals surface area contributed by atoms with Crippen molar-refractivity contribution in [2.45, 2.75) is 13.1 Å². The molecule has 0 atom stereocenters. The number of ketones is 1. The van der Waals surface area contributed by atoms with Crippen LogP contribution in [0.1, 0.15) is 21.5 Å². The first-order valence-electron chi connectivity index (χ1n) is 5.00. The van der Waals surface area contributed by atoms with Crippen molar-refractivity contribution in [3.8, 4) is 0 Å². The molecule has 1 aromatic carbocycles.